The van der Waals surface area contributed by atoms with E-state index in [4.69, 9.17) is 0 Å². The number of hydrogen-bond donors (Lipinski definition) is 2. The number of aromatic nitrogens is 4. The molecule has 1 aromatic carbocycles. The molecular formula is C21H15F7N6O3. The van der Waals surface area contributed by atoms with Crippen molar-refractivity contribution >= 4 is 17.6 Å². The van der Waals surface area contributed by atoms with Crippen molar-refractivity contribution in [2.24, 2.45) is 11.8 Å². The van der Waals surface area contributed by atoms with Crippen LogP contribution in [0.3, 0.4) is 0 Å². The molecule has 1 fully saturated rings. The lowest BCUT2D eigenvalue weighted by molar-refractivity contribution is -0.274. The fourth-order valence-electron chi connectivity index (χ4n) is 3.59. The van der Waals surface area contributed by atoms with Crippen LogP contribution in [0, 0.1) is 17.7 Å². The molecule has 2 N–H and O–H groups in total. The number of nitrogens with zero attached hydrogens (tertiary/aromatic N) is 4. The Morgan fingerprint density at radius 1 is 1.11 bits per heavy atom. The lowest BCUT2D eigenvalue weighted by Crippen LogP contribution is -2.28. The van der Waals surface area contributed by atoms with Crippen molar-refractivity contribution < 1.29 is 45.1 Å². The van der Waals surface area contributed by atoms with Gasteiger partial charge < -0.3 is 15.4 Å². The molecule has 16 heteroatoms. The molecule has 1 aliphatic heterocycles. The summed E-state index contributed by atoms with van der Waals surface area (Å²) in [5, 5.41) is 9.04. The van der Waals surface area contributed by atoms with E-state index in [1.807, 2.05) is 0 Å². The lowest BCUT2D eigenvalue weighted by atomic mass is 9.97. The van der Waals surface area contributed by atoms with E-state index in [0.717, 1.165) is 35.3 Å². The van der Waals surface area contributed by atoms with E-state index in [9.17, 15) is 40.3 Å². The molecule has 3 heterocycles. The number of rotatable bonds is 5. The van der Waals surface area contributed by atoms with Gasteiger partial charge in [0.05, 0.1) is 24.0 Å². The molecule has 2 atom stereocenters. The number of ether oxygens (including phenoxy) is 1. The standard InChI is InChI=1S/C21H15F7N6O3/c1-9-14(8-29-17(9)35)18(36)32-16-5-15(10-2-11(22)4-13(3-10)37-21(26,27)28)34(33-16)12-6-30-19(31-7-12)20(23,24)25/h2-7,9,14H,8H2,1H3,(H,29,35)(H,32,33,36)/t9-,14+/m1/s1. The second-order valence-electron chi connectivity index (χ2n) is 7.94. The van der Waals surface area contributed by atoms with Crippen LogP contribution in [0.5, 0.6) is 5.75 Å². The molecule has 37 heavy (non-hydrogen) atoms. The van der Waals surface area contributed by atoms with E-state index in [1.165, 1.54) is 6.92 Å². The monoisotopic (exact) mass is 532 g/mol. The predicted molar refractivity (Wildman–Crippen MR) is 111 cm³/mol. The van der Waals surface area contributed by atoms with Crippen molar-refractivity contribution in [3.8, 4) is 22.7 Å². The van der Waals surface area contributed by atoms with E-state index < -0.39 is 47.7 Å². The average Bonchev–Trinajstić information content (AvgIpc) is 3.35. The van der Waals surface area contributed by atoms with Crippen molar-refractivity contribution in [1.82, 2.24) is 25.1 Å². The molecule has 0 spiro atoms. The molecule has 0 bridgehead atoms. The van der Waals surface area contributed by atoms with Crippen molar-refractivity contribution in [3.05, 3.63) is 48.3 Å². The first-order valence-electron chi connectivity index (χ1n) is 10.4. The number of nitrogens with one attached hydrogen (secondary N) is 2. The third-order valence-corrected chi connectivity index (χ3v) is 5.35. The minimum absolute atomic E-state index is 0.0498. The van der Waals surface area contributed by atoms with Gasteiger partial charge in [0.25, 0.3) is 0 Å². The minimum Gasteiger partial charge on any atom is -0.406 e. The zero-order valence-electron chi connectivity index (χ0n) is 18.5. The van der Waals surface area contributed by atoms with E-state index >= 15 is 0 Å². The van der Waals surface area contributed by atoms with Gasteiger partial charge in [-0.15, -0.1) is 18.3 Å². The quantitative estimate of drug-likeness (QED) is 0.485. The SMILES string of the molecule is C[C@H]1C(=O)NC[C@@H]1C(=O)Nc1cc(-c2cc(F)cc(OC(F)(F)F)c2)n(-c2cnc(C(F)(F)F)nc2)n1. The first-order valence-corrected chi connectivity index (χ1v) is 10.4. The molecule has 4 rings (SSSR count). The van der Waals surface area contributed by atoms with Gasteiger partial charge in [-0.1, -0.05) is 6.92 Å². The largest absolute Gasteiger partial charge is 0.573 e. The third-order valence-electron chi connectivity index (χ3n) is 5.35. The summed E-state index contributed by atoms with van der Waals surface area (Å²) < 4.78 is 95.6. The summed E-state index contributed by atoms with van der Waals surface area (Å²) >= 11 is 0. The van der Waals surface area contributed by atoms with Crippen molar-refractivity contribution in [1.29, 1.82) is 0 Å². The molecule has 2 aromatic heterocycles. The van der Waals surface area contributed by atoms with Gasteiger partial charge in [-0.2, -0.15) is 13.2 Å². The molecule has 0 unspecified atom stereocenters. The average molecular weight is 532 g/mol. The number of hydrogen-bond acceptors (Lipinski definition) is 6. The van der Waals surface area contributed by atoms with Gasteiger partial charge in [-0.3, -0.25) is 9.59 Å². The zero-order chi connectivity index (χ0) is 27.1. The van der Waals surface area contributed by atoms with Crippen LogP contribution in [0.4, 0.5) is 36.6 Å². The fraction of sp³-hybridized carbons (Fsp3) is 0.286. The van der Waals surface area contributed by atoms with Gasteiger partial charge in [0, 0.05) is 30.2 Å². The second-order valence-corrected chi connectivity index (χ2v) is 7.94. The van der Waals surface area contributed by atoms with Gasteiger partial charge in [0.15, 0.2) is 5.82 Å². The molecule has 1 saturated heterocycles. The third kappa shape index (κ3) is 5.78. The second kappa shape index (κ2) is 9.33. The molecule has 0 saturated carbocycles. The van der Waals surface area contributed by atoms with Crippen LogP contribution >= 0.6 is 0 Å². The van der Waals surface area contributed by atoms with Crippen LogP contribution in [-0.2, 0) is 15.8 Å². The summed E-state index contributed by atoms with van der Waals surface area (Å²) in [6.07, 6.45) is -8.49. The highest BCUT2D eigenvalue weighted by Crippen LogP contribution is 2.33. The Morgan fingerprint density at radius 2 is 1.78 bits per heavy atom. The highest BCUT2D eigenvalue weighted by Gasteiger charge is 2.37. The van der Waals surface area contributed by atoms with E-state index in [-0.39, 0.29) is 35.2 Å². The predicted octanol–water partition coefficient (Wildman–Crippen LogP) is 3.71. The maximum Gasteiger partial charge on any atom is 0.573 e. The normalized spacial score (nSPS) is 18.0. The van der Waals surface area contributed by atoms with Crippen LogP contribution in [0.1, 0.15) is 12.7 Å². The zero-order valence-corrected chi connectivity index (χ0v) is 18.5. The number of carbonyl (C=O) groups excluding carboxylic acids is 2. The summed E-state index contributed by atoms with van der Waals surface area (Å²) in [4.78, 5) is 30.8. The Kier molecular flexibility index (Phi) is 6.51. The van der Waals surface area contributed by atoms with Crippen LogP contribution in [0.2, 0.25) is 0 Å². The smallest absolute Gasteiger partial charge is 0.406 e. The summed E-state index contributed by atoms with van der Waals surface area (Å²) in [5.74, 6) is -6.06. The molecule has 9 nitrogen and oxygen atoms in total. The molecule has 0 aliphatic carbocycles. The number of carbonyl (C=O) groups is 2. The first-order chi connectivity index (χ1) is 17.2. The topological polar surface area (TPSA) is 111 Å². The first kappa shape index (κ1) is 25.8. The van der Waals surface area contributed by atoms with Gasteiger partial charge in [-0.05, 0) is 12.1 Å². The Labute approximate surface area is 202 Å². The number of anilines is 1. The van der Waals surface area contributed by atoms with Crippen LogP contribution in [-0.4, -0.2) is 44.5 Å². The van der Waals surface area contributed by atoms with E-state index in [2.05, 4.69) is 30.4 Å². The molecule has 196 valence electrons. The van der Waals surface area contributed by atoms with Crippen molar-refractivity contribution in [2.75, 3.05) is 11.9 Å². The highest BCUT2D eigenvalue weighted by atomic mass is 19.4. The Balaban J connectivity index is 1.76. The lowest BCUT2D eigenvalue weighted by Gasteiger charge is -2.12. The molecule has 0 radical (unpaired) electrons. The number of halogens is 7. The van der Waals surface area contributed by atoms with Gasteiger partial charge in [0.2, 0.25) is 17.6 Å². The fourth-order valence-corrected chi connectivity index (χ4v) is 3.59. The van der Waals surface area contributed by atoms with E-state index in [1.54, 1.807) is 0 Å². The van der Waals surface area contributed by atoms with Crippen molar-refractivity contribution in [2.45, 2.75) is 19.5 Å². The summed E-state index contributed by atoms with van der Waals surface area (Å²) in [6.45, 7) is 1.58. The molecule has 2 amide bonds. The summed E-state index contributed by atoms with van der Waals surface area (Å²) in [7, 11) is 0. The maximum absolute atomic E-state index is 14.2. The van der Waals surface area contributed by atoms with Crippen LogP contribution in [0.15, 0.2) is 36.7 Å². The molecular weight excluding hydrogens is 517 g/mol. The molecule has 3 aromatic rings. The van der Waals surface area contributed by atoms with Crippen LogP contribution < -0.4 is 15.4 Å². The molecule has 1 aliphatic rings. The maximum atomic E-state index is 14.2. The Hall–Kier alpha value is -4.24. The summed E-state index contributed by atoms with van der Waals surface area (Å²) in [5.41, 5.74) is -0.547. The van der Waals surface area contributed by atoms with Crippen LogP contribution in [0.25, 0.3) is 16.9 Å². The van der Waals surface area contributed by atoms with Crippen molar-refractivity contribution in [3.63, 3.8) is 0 Å². The number of amides is 2. The van der Waals surface area contributed by atoms with Gasteiger partial charge >= 0.3 is 12.5 Å². The summed E-state index contributed by atoms with van der Waals surface area (Å²) in [6, 6.07) is 3.28. The van der Waals surface area contributed by atoms with Gasteiger partial charge in [0.1, 0.15) is 17.3 Å². The number of alkyl halides is 6. The minimum atomic E-state index is -5.13. The van der Waals surface area contributed by atoms with Gasteiger partial charge in [-0.25, -0.2) is 19.0 Å². The number of benzene rings is 1. The highest BCUT2D eigenvalue weighted by molar-refractivity contribution is 5.98. The van der Waals surface area contributed by atoms with E-state index in [0.29, 0.717) is 6.07 Å². The Bertz CT molecular complexity index is 1340. The Morgan fingerprint density at radius 3 is 2.35 bits per heavy atom.